The van der Waals surface area contributed by atoms with Crippen molar-refractivity contribution in [1.82, 2.24) is 10.2 Å². The first-order valence-corrected chi connectivity index (χ1v) is 11.8. The molecule has 0 aromatic heterocycles. The van der Waals surface area contributed by atoms with Crippen LogP contribution in [0.5, 0.6) is 0 Å². The predicted octanol–water partition coefficient (Wildman–Crippen LogP) is 3.59. The molecule has 1 heterocycles. The van der Waals surface area contributed by atoms with Crippen molar-refractivity contribution in [3.05, 3.63) is 71.8 Å². The molecule has 1 saturated heterocycles. The summed E-state index contributed by atoms with van der Waals surface area (Å²) in [6.07, 6.45) is -1.23. The van der Waals surface area contributed by atoms with Crippen LogP contribution in [-0.2, 0) is 14.4 Å². The standard InChI is InChI=1S/C26H23BrN2O5/c1-24-17(15-9-5-3-6-10-15)18(16-11-7-4-8-12-16)25(2,21(24)31)26(27)19(24)20(30)29(22(26)32)14-13-28-23(33)34/h3-12,19,28H,13-14H2,1-2H3,(H,33,34). The number of nitrogens with one attached hydrogen (secondary N) is 1. The topological polar surface area (TPSA) is 104 Å². The van der Waals surface area contributed by atoms with Crippen molar-refractivity contribution in [1.29, 1.82) is 0 Å². The highest BCUT2D eigenvalue weighted by Gasteiger charge is 2.85. The van der Waals surface area contributed by atoms with Crippen LogP contribution in [0.3, 0.4) is 0 Å². The van der Waals surface area contributed by atoms with Gasteiger partial charge >= 0.3 is 6.09 Å². The number of rotatable bonds is 5. The van der Waals surface area contributed by atoms with Crippen LogP contribution in [0.15, 0.2) is 60.7 Å². The molecule has 2 N–H and O–H groups in total. The van der Waals surface area contributed by atoms with Crippen LogP contribution in [0.2, 0.25) is 0 Å². The molecule has 3 amide bonds. The number of likely N-dealkylation sites (tertiary alicyclic amines) is 1. The molecule has 3 aliphatic rings. The van der Waals surface area contributed by atoms with E-state index in [1.165, 1.54) is 0 Å². The van der Waals surface area contributed by atoms with E-state index in [0.717, 1.165) is 27.2 Å². The van der Waals surface area contributed by atoms with E-state index in [1.54, 1.807) is 13.8 Å². The van der Waals surface area contributed by atoms with Gasteiger partial charge in [0.15, 0.2) is 5.78 Å². The van der Waals surface area contributed by atoms with Crippen LogP contribution in [0.25, 0.3) is 11.1 Å². The number of carbonyl (C=O) groups excluding carboxylic acids is 3. The van der Waals surface area contributed by atoms with Gasteiger partial charge in [0, 0.05) is 13.1 Å². The van der Waals surface area contributed by atoms with Crippen molar-refractivity contribution in [2.45, 2.75) is 18.2 Å². The van der Waals surface area contributed by atoms with Gasteiger partial charge in [0.25, 0.3) is 0 Å². The summed E-state index contributed by atoms with van der Waals surface area (Å²) in [6, 6.07) is 19.0. The molecular formula is C26H23BrN2O5. The predicted molar refractivity (Wildman–Crippen MR) is 129 cm³/mol. The Bertz CT molecular complexity index is 1280. The second-order valence-corrected chi connectivity index (χ2v) is 10.6. The largest absolute Gasteiger partial charge is 0.465 e. The number of nitrogens with zero attached hydrogens (tertiary/aromatic N) is 1. The maximum absolute atomic E-state index is 14.2. The number of Topliss-reactive ketones (excluding diaryl/α,β-unsaturated/α-hetero) is 1. The number of imide groups is 1. The number of halogens is 1. The van der Waals surface area contributed by atoms with E-state index in [-0.39, 0.29) is 18.9 Å². The highest BCUT2D eigenvalue weighted by molar-refractivity contribution is 9.10. The number of carbonyl (C=O) groups is 4. The fraction of sp³-hybridized carbons (Fsp3) is 0.308. The lowest BCUT2D eigenvalue weighted by Gasteiger charge is -2.41. The maximum atomic E-state index is 14.2. The number of carboxylic acid groups (broad SMARTS) is 1. The smallest absolute Gasteiger partial charge is 0.404 e. The summed E-state index contributed by atoms with van der Waals surface area (Å²) in [5, 5.41) is 11.1. The first kappa shape index (κ1) is 22.5. The van der Waals surface area contributed by atoms with Gasteiger partial charge in [-0.2, -0.15) is 0 Å². The number of benzene rings is 2. The molecule has 2 bridgehead atoms. The molecule has 2 aliphatic carbocycles. The van der Waals surface area contributed by atoms with Crippen LogP contribution in [0.4, 0.5) is 4.79 Å². The normalized spacial score (nSPS) is 31.9. The minimum atomic E-state index is -1.46. The second kappa shape index (κ2) is 7.37. The third-order valence-corrected chi connectivity index (χ3v) is 9.29. The van der Waals surface area contributed by atoms with Crippen LogP contribution >= 0.6 is 15.9 Å². The Morgan fingerprint density at radius 2 is 1.50 bits per heavy atom. The third kappa shape index (κ3) is 2.52. The molecule has 2 fully saturated rings. The number of fused-ring (bicyclic) bond motifs is 5. The van der Waals surface area contributed by atoms with E-state index in [0.29, 0.717) is 0 Å². The Morgan fingerprint density at radius 1 is 0.971 bits per heavy atom. The van der Waals surface area contributed by atoms with E-state index < -0.39 is 39.0 Å². The molecule has 0 radical (unpaired) electrons. The zero-order valence-corrected chi connectivity index (χ0v) is 20.3. The van der Waals surface area contributed by atoms with E-state index in [1.807, 2.05) is 60.7 Å². The monoisotopic (exact) mass is 522 g/mol. The quantitative estimate of drug-likeness (QED) is 0.461. The first-order valence-electron chi connectivity index (χ1n) is 11.0. The van der Waals surface area contributed by atoms with Crippen molar-refractivity contribution in [2.24, 2.45) is 16.7 Å². The summed E-state index contributed by atoms with van der Waals surface area (Å²) in [5.74, 6) is -2.08. The summed E-state index contributed by atoms with van der Waals surface area (Å²) >= 11 is 3.66. The van der Waals surface area contributed by atoms with Gasteiger partial charge in [-0.15, -0.1) is 0 Å². The minimum absolute atomic E-state index is 0.0888. The highest BCUT2D eigenvalue weighted by Crippen LogP contribution is 2.77. The van der Waals surface area contributed by atoms with Crippen LogP contribution in [0, 0.1) is 16.7 Å². The Hall–Kier alpha value is -3.26. The lowest BCUT2D eigenvalue weighted by molar-refractivity contribution is -0.144. The Kier molecular flexibility index (Phi) is 4.88. The summed E-state index contributed by atoms with van der Waals surface area (Å²) in [7, 11) is 0. The lowest BCUT2D eigenvalue weighted by atomic mass is 9.63. The summed E-state index contributed by atoms with van der Waals surface area (Å²) in [4.78, 5) is 53.7. The molecule has 1 saturated carbocycles. The first-order chi connectivity index (χ1) is 16.1. The molecule has 4 unspecified atom stereocenters. The summed E-state index contributed by atoms with van der Waals surface area (Å²) in [5.41, 5.74) is 0.615. The van der Waals surface area contributed by atoms with Gasteiger partial charge in [-0.1, -0.05) is 76.6 Å². The van der Waals surface area contributed by atoms with Crippen LogP contribution < -0.4 is 5.32 Å². The number of amides is 3. The Balaban J connectivity index is 1.75. The second-order valence-electron chi connectivity index (χ2n) is 9.31. The summed E-state index contributed by atoms with van der Waals surface area (Å²) < 4.78 is -1.46. The highest BCUT2D eigenvalue weighted by atomic mass is 79.9. The molecule has 174 valence electrons. The molecule has 0 spiro atoms. The molecule has 7 nitrogen and oxygen atoms in total. The molecule has 8 heteroatoms. The van der Waals surface area contributed by atoms with Crippen LogP contribution in [-0.4, -0.2) is 51.1 Å². The van der Waals surface area contributed by atoms with E-state index in [2.05, 4.69) is 21.2 Å². The van der Waals surface area contributed by atoms with Crippen molar-refractivity contribution >= 4 is 50.8 Å². The molecule has 2 aromatic rings. The lowest BCUT2D eigenvalue weighted by Crippen LogP contribution is -2.51. The van der Waals surface area contributed by atoms with Crippen LogP contribution in [0.1, 0.15) is 25.0 Å². The van der Waals surface area contributed by atoms with Gasteiger partial charge in [0.1, 0.15) is 4.32 Å². The zero-order chi connectivity index (χ0) is 24.5. The molecule has 5 rings (SSSR count). The van der Waals surface area contributed by atoms with Gasteiger partial charge in [-0.25, -0.2) is 4.79 Å². The molecule has 4 atom stereocenters. The molecule has 2 aromatic carbocycles. The number of allylic oxidation sites excluding steroid dienone is 2. The number of ketones is 1. The van der Waals surface area contributed by atoms with E-state index in [9.17, 15) is 19.2 Å². The fourth-order valence-corrected chi connectivity index (χ4v) is 7.59. The van der Waals surface area contributed by atoms with Gasteiger partial charge in [-0.05, 0) is 36.1 Å². The van der Waals surface area contributed by atoms with Crippen molar-refractivity contribution in [3.63, 3.8) is 0 Å². The molecule has 34 heavy (non-hydrogen) atoms. The number of hydrogen-bond acceptors (Lipinski definition) is 4. The Labute approximate surface area is 205 Å². The molecular weight excluding hydrogens is 500 g/mol. The minimum Gasteiger partial charge on any atom is -0.465 e. The fourth-order valence-electron chi connectivity index (χ4n) is 6.35. The van der Waals surface area contributed by atoms with Crippen molar-refractivity contribution < 1.29 is 24.3 Å². The zero-order valence-electron chi connectivity index (χ0n) is 18.7. The number of hydrogen-bond donors (Lipinski definition) is 2. The van der Waals surface area contributed by atoms with Crippen molar-refractivity contribution in [3.8, 4) is 0 Å². The van der Waals surface area contributed by atoms with Gasteiger partial charge in [0.05, 0.1) is 16.7 Å². The van der Waals surface area contributed by atoms with E-state index in [4.69, 9.17) is 5.11 Å². The van der Waals surface area contributed by atoms with Gasteiger partial charge in [0.2, 0.25) is 11.8 Å². The third-order valence-electron chi connectivity index (χ3n) is 7.70. The summed E-state index contributed by atoms with van der Waals surface area (Å²) in [6.45, 7) is 3.33. The Morgan fingerprint density at radius 3 is 2.03 bits per heavy atom. The number of alkyl halides is 1. The average Bonchev–Trinajstić information content (AvgIpc) is 3.20. The SMILES string of the molecule is CC12C(=O)C(C)(C(c3ccccc3)=C1c1ccccc1)C1(Br)C(=O)N(CCNC(=O)O)C(=O)C21. The van der Waals surface area contributed by atoms with Gasteiger partial charge in [-0.3, -0.25) is 19.3 Å². The van der Waals surface area contributed by atoms with Crippen molar-refractivity contribution in [2.75, 3.05) is 13.1 Å². The average molecular weight is 523 g/mol. The van der Waals surface area contributed by atoms with Gasteiger partial charge < -0.3 is 10.4 Å². The maximum Gasteiger partial charge on any atom is 0.404 e. The molecule has 1 aliphatic heterocycles. The van der Waals surface area contributed by atoms with E-state index >= 15 is 0 Å².